The molecule has 5 heterocycles. The summed E-state index contributed by atoms with van der Waals surface area (Å²) in [4.78, 5) is 0. The van der Waals surface area contributed by atoms with Crippen LogP contribution in [0.2, 0.25) is 0 Å². The van der Waals surface area contributed by atoms with Crippen molar-refractivity contribution in [2.24, 2.45) is 0 Å². The molecule has 10 aromatic carbocycles. The second kappa shape index (κ2) is 14.2. The number of hydrogen-bond donors (Lipinski definition) is 0. The fourth-order valence-electron chi connectivity index (χ4n) is 13.7. The molecule has 13 aromatic rings. The first kappa shape index (κ1) is 44.0. The third kappa shape index (κ3) is 5.75. The summed E-state index contributed by atoms with van der Waals surface area (Å²) in [6.07, 6.45) is 0. The molecule has 3 nitrogen and oxygen atoms in total. The van der Waals surface area contributed by atoms with Crippen molar-refractivity contribution in [1.29, 1.82) is 0 Å². The largest absolute Gasteiger partial charge is 0.310 e. The molecule has 74 heavy (non-hydrogen) atoms. The minimum absolute atomic E-state index is 0.00547. The van der Waals surface area contributed by atoms with E-state index in [9.17, 15) is 0 Å². The predicted octanol–water partition coefficient (Wildman–Crippen LogP) is 16.8. The molecule has 360 valence electrons. The van der Waals surface area contributed by atoms with Gasteiger partial charge in [-0.05, 0) is 154 Å². The summed E-state index contributed by atoms with van der Waals surface area (Å²) >= 11 is 0. The zero-order valence-electron chi connectivity index (χ0n) is 44.9. The smallest absolute Gasteiger partial charge is 0.252 e. The quantitative estimate of drug-likeness (QED) is 0.115. The van der Waals surface area contributed by atoms with Crippen LogP contribution >= 0.6 is 0 Å². The van der Waals surface area contributed by atoms with Crippen molar-refractivity contribution in [2.75, 3.05) is 0 Å². The number of rotatable bonds is 1. The van der Waals surface area contributed by atoms with E-state index < -0.39 is 0 Å². The van der Waals surface area contributed by atoms with E-state index in [0.717, 1.165) is 0 Å². The molecule has 0 amide bonds. The number of benzene rings is 10. The molecule has 3 aromatic heterocycles. The van der Waals surface area contributed by atoms with Crippen molar-refractivity contribution in [3.05, 3.63) is 180 Å². The molecule has 2 aliphatic heterocycles. The highest BCUT2D eigenvalue weighted by atomic mass is 15.0. The predicted molar refractivity (Wildman–Crippen MR) is 321 cm³/mol. The summed E-state index contributed by atoms with van der Waals surface area (Å²) in [6, 6.07) is 62.0. The second-order valence-electron chi connectivity index (χ2n) is 26.2. The van der Waals surface area contributed by atoms with Gasteiger partial charge in [-0.1, -0.05) is 174 Å². The molecular formula is C70H62BN3. The maximum absolute atomic E-state index is 2.74. The van der Waals surface area contributed by atoms with E-state index in [1.807, 2.05) is 0 Å². The molecule has 0 bridgehead atoms. The Kier molecular flexibility index (Phi) is 8.43. The van der Waals surface area contributed by atoms with E-state index in [-0.39, 0.29) is 28.4 Å². The zero-order valence-corrected chi connectivity index (χ0v) is 44.9. The molecule has 0 fully saturated rings. The molecule has 0 aliphatic carbocycles. The van der Waals surface area contributed by atoms with Crippen molar-refractivity contribution in [1.82, 2.24) is 13.7 Å². The Balaban J connectivity index is 1.18. The van der Waals surface area contributed by atoms with Crippen LogP contribution in [0.5, 0.6) is 0 Å². The number of hydrogen-bond acceptors (Lipinski definition) is 0. The minimum Gasteiger partial charge on any atom is -0.310 e. The molecule has 15 rings (SSSR count). The molecule has 0 atom stereocenters. The average molecular weight is 956 g/mol. The van der Waals surface area contributed by atoms with Crippen LogP contribution < -0.4 is 16.4 Å². The van der Waals surface area contributed by atoms with Gasteiger partial charge in [0.15, 0.2) is 0 Å². The Bertz CT molecular complexity index is 4640. The Labute approximate surface area is 434 Å². The number of nitrogens with zero attached hydrogens (tertiary/aromatic N) is 3. The van der Waals surface area contributed by atoms with Gasteiger partial charge in [-0.2, -0.15) is 0 Å². The second-order valence-corrected chi connectivity index (χ2v) is 26.2. The standard InChI is InChI=1S/C70H62BN3/c1-67(2,3)39-25-29-59-50(31-39)53-33-41(69(7,8)9)35-55-64(53)73(59)61-38-52-45-28-27-43(72-57-23-17-15-20-46(57)47-21-16-18-24-58(47)72)37-49(45)44-19-13-14-22-48(44)62(52)66-63(61)71(55)56-36-42(70(10,11)12)34-54-51-32-40(68(4,5)6)26-30-60(51)74(66)65(54)56/h13-38H,1-12H3. The van der Waals surface area contributed by atoms with Crippen LogP contribution in [0, 0.1) is 0 Å². The van der Waals surface area contributed by atoms with E-state index in [2.05, 4.69) is 255 Å². The number of fused-ring (bicyclic) bond motifs is 20. The van der Waals surface area contributed by atoms with Crippen LogP contribution in [0.1, 0.15) is 105 Å². The minimum atomic E-state index is -0.0735. The van der Waals surface area contributed by atoms with E-state index in [1.165, 1.54) is 153 Å². The van der Waals surface area contributed by atoms with E-state index >= 15 is 0 Å². The number of aromatic nitrogens is 3. The summed E-state index contributed by atoms with van der Waals surface area (Å²) in [7, 11) is 0. The van der Waals surface area contributed by atoms with Crippen LogP contribution in [-0.2, 0) is 21.7 Å². The van der Waals surface area contributed by atoms with Crippen LogP contribution in [0.3, 0.4) is 0 Å². The highest BCUT2D eigenvalue weighted by molar-refractivity contribution is 7.00. The summed E-state index contributed by atoms with van der Waals surface area (Å²) in [6.45, 7) is 28.5. The maximum atomic E-state index is 2.74. The van der Waals surface area contributed by atoms with Gasteiger partial charge in [0, 0.05) is 60.1 Å². The van der Waals surface area contributed by atoms with Gasteiger partial charge in [-0.25, -0.2) is 0 Å². The summed E-state index contributed by atoms with van der Waals surface area (Å²) in [5, 5.41) is 15.6. The van der Waals surface area contributed by atoms with Gasteiger partial charge in [-0.3, -0.25) is 0 Å². The summed E-state index contributed by atoms with van der Waals surface area (Å²) in [5.74, 6) is 0. The molecule has 2 aliphatic rings. The van der Waals surface area contributed by atoms with Gasteiger partial charge < -0.3 is 13.7 Å². The lowest BCUT2D eigenvalue weighted by Crippen LogP contribution is -2.59. The Morgan fingerprint density at radius 1 is 0.311 bits per heavy atom. The highest BCUT2D eigenvalue weighted by Crippen LogP contribution is 2.48. The number of para-hydroxylation sites is 2. The van der Waals surface area contributed by atoms with Crippen LogP contribution in [0.15, 0.2) is 158 Å². The normalized spacial score (nSPS) is 13.9. The summed E-state index contributed by atoms with van der Waals surface area (Å²) in [5.41, 5.74) is 21.0. The zero-order chi connectivity index (χ0) is 50.9. The highest BCUT2D eigenvalue weighted by Gasteiger charge is 2.44. The van der Waals surface area contributed by atoms with Gasteiger partial charge in [0.05, 0.1) is 27.8 Å². The first-order valence-corrected chi connectivity index (χ1v) is 27.0. The fraction of sp³-hybridized carbons (Fsp3) is 0.229. The Morgan fingerprint density at radius 2 is 0.757 bits per heavy atom. The summed E-state index contributed by atoms with van der Waals surface area (Å²) < 4.78 is 7.90. The van der Waals surface area contributed by atoms with Crippen molar-refractivity contribution in [3.8, 4) is 17.1 Å². The Morgan fingerprint density at radius 3 is 1.30 bits per heavy atom. The topological polar surface area (TPSA) is 14.8 Å². The van der Waals surface area contributed by atoms with Gasteiger partial charge in [-0.15, -0.1) is 0 Å². The van der Waals surface area contributed by atoms with Gasteiger partial charge in [0.2, 0.25) is 0 Å². The van der Waals surface area contributed by atoms with Crippen molar-refractivity contribution in [2.45, 2.75) is 105 Å². The van der Waals surface area contributed by atoms with Gasteiger partial charge in [0.1, 0.15) is 0 Å². The third-order valence-corrected chi connectivity index (χ3v) is 17.6. The molecule has 0 radical (unpaired) electrons. The fourth-order valence-corrected chi connectivity index (χ4v) is 13.7. The average Bonchev–Trinajstić information content (AvgIpc) is 4.03. The lowest BCUT2D eigenvalue weighted by atomic mass is 9.33. The molecule has 0 saturated carbocycles. The molecule has 0 unspecified atom stereocenters. The first-order chi connectivity index (χ1) is 35.3. The molecule has 0 N–H and O–H groups in total. The van der Waals surface area contributed by atoms with Crippen LogP contribution in [-0.4, -0.2) is 20.4 Å². The van der Waals surface area contributed by atoms with Crippen LogP contribution in [0.25, 0.3) is 115 Å². The molecule has 0 spiro atoms. The first-order valence-electron chi connectivity index (χ1n) is 27.0. The van der Waals surface area contributed by atoms with Crippen molar-refractivity contribution in [3.63, 3.8) is 0 Å². The lowest BCUT2D eigenvalue weighted by molar-refractivity contribution is 0.590. The van der Waals surface area contributed by atoms with Crippen LogP contribution in [0.4, 0.5) is 0 Å². The monoisotopic (exact) mass is 956 g/mol. The van der Waals surface area contributed by atoms with E-state index in [1.54, 1.807) is 0 Å². The molecular weight excluding hydrogens is 894 g/mol. The lowest BCUT2D eigenvalue weighted by Gasteiger charge is -2.36. The maximum Gasteiger partial charge on any atom is 0.252 e. The van der Waals surface area contributed by atoms with Gasteiger partial charge >= 0.3 is 0 Å². The van der Waals surface area contributed by atoms with E-state index in [4.69, 9.17) is 0 Å². The SMILES string of the molecule is CC(C)(C)c1ccc2c(c1)c1cc(C(C)(C)C)cc3c1n2-c1cc2c4ccc(-n5c6ccccc6c6ccccc65)cc4c4ccccc4c2c2c1B3c1cc(C(C)(C)C)cc3c4cc(C(C)(C)C)ccc4n-2c13. The van der Waals surface area contributed by atoms with E-state index in [0.29, 0.717) is 0 Å². The van der Waals surface area contributed by atoms with Crippen molar-refractivity contribution < 1.29 is 0 Å². The Hall–Kier alpha value is -7.56. The third-order valence-electron chi connectivity index (χ3n) is 17.6. The van der Waals surface area contributed by atoms with Crippen molar-refractivity contribution >= 4 is 121 Å². The van der Waals surface area contributed by atoms with Gasteiger partial charge in [0.25, 0.3) is 6.71 Å². The molecule has 4 heteroatoms. The molecule has 0 saturated heterocycles.